The van der Waals surface area contributed by atoms with Crippen LogP contribution in [0.2, 0.25) is 0 Å². The molecule has 1 fully saturated rings. The third-order valence-electron chi connectivity index (χ3n) is 3.06. The number of hydrogen-bond donors (Lipinski definition) is 2. The molecule has 2 unspecified atom stereocenters. The van der Waals surface area contributed by atoms with Crippen LogP contribution in [0.5, 0.6) is 0 Å². The Hall–Kier alpha value is -1.52. The summed E-state index contributed by atoms with van der Waals surface area (Å²) in [6.45, 7) is 1.76. The van der Waals surface area contributed by atoms with Gasteiger partial charge in [-0.15, -0.1) is 5.10 Å². The van der Waals surface area contributed by atoms with Gasteiger partial charge in [0.1, 0.15) is 0 Å². The van der Waals surface area contributed by atoms with E-state index in [0.717, 1.165) is 0 Å². The van der Waals surface area contributed by atoms with Crippen molar-refractivity contribution in [2.45, 2.75) is 25.6 Å². The number of aliphatic hydroxyl groups is 1. The van der Waals surface area contributed by atoms with E-state index < -0.39 is 28.0 Å². The highest BCUT2D eigenvalue weighted by molar-refractivity contribution is 7.91. The fraction of sp³-hybridized carbons (Fsp3) is 0.700. The number of rotatable bonds is 4. The lowest BCUT2D eigenvalue weighted by atomic mass is 10.2. The fourth-order valence-electron chi connectivity index (χ4n) is 2.17. The van der Waals surface area contributed by atoms with E-state index in [1.54, 1.807) is 6.92 Å². The van der Waals surface area contributed by atoms with Crippen LogP contribution in [0.15, 0.2) is 0 Å². The van der Waals surface area contributed by atoms with Gasteiger partial charge in [0, 0.05) is 6.54 Å². The third-order valence-corrected chi connectivity index (χ3v) is 4.76. The number of carbonyl (C=O) groups excluding carboxylic acids is 1. The highest BCUT2D eigenvalue weighted by atomic mass is 32.2. The minimum Gasteiger partial charge on any atom is -0.461 e. The summed E-state index contributed by atoms with van der Waals surface area (Å²) in [7, 11) is -3.33. The van der Waals surface area contributed by atoms with Crippen molar-refractivity contribution in [3.63, 3.8) is 0 Å². The number of hydrogen-bond acceptors (Lipinski definition) is 8. The van der Waals surface area contributed by atoms with Gasteiger partial charge in [0.25, 0.3) is 0 Å². The summed E-state index contributed by atoms with van der Waals surface area (Å²) >= 11 is 0. The average molecular weight is 304 g/mol. The molecular formula is C10H16N4O5S. The van der Waals surface area contributed by atoms with Gasteiger partial charge in [0.2, 0.25) is 0 Å². The van der Waals surface area contributed by atoms with Crippen LogP contribution in [-0.4, -0.2) is 58.7 Å². The Kier molecular flexibility index (Phi) is 4.06. The maximum Gasteiger partial charge on any atom is 0.360 e. The first-order valence-corrected chi connectivity index (χ1v) is 7.91. The van der Waals surface area contributed by atoms with Crippen molar-refractivity contribution in [3.05, 3.63) is 11.4 Å². The zero-order valence-corrected chi connectivity index (χ0v) is 11.7. The van der Waals surface area contributed by atoms with Crippen molar-refractivity contribution < 1.29 is 23.1 Å². The van der Waals surface area contributed by atoms with E-state index in [9.17, 15) is 18.3 Å². The van der Waals surface area contributed by atoms with Gasteiger partial charge in [-0.25, -0.2) is 17.9 Å². The van der Waals surface area contributed by atoms with Crippen molar-refractivity contribution in [2.24, 2.45) is 5.73 Å². The zero-order valence-electron chi connectivity index (χ0n) is 10.9. The highest BCUT2D eigenvalue weighted by Crippen LogP contribution is 2.25. The summed E-state index contributed by atoms with van der Waals surface area (Å²) in [6.07, 6.45) is -1.10. The lowest BCUT2D eigenvalue weighted by molar-refractivity contribution is 0.0517. The Morgan fingerprint density at radius 1 is 1.55 bits per heavy atom. The molecule has 0 bridgehead atoms. The predicted octanol–water partition coefficient (Wildman–Crippen LogP) is -1.76. The monoisotopic (exact) mass is 304 g/mol. The van der Waals surface area contributed by atoms with Crippen LogP contribution < -0.4 is 5.73 Å². The molecule has 0 radical (unpaired) electrons. The summed E-state index contributed by atoms with van der Waals surface area (Å²) < 4.78 is 29.1. The molecule has 20 heavy (non-hydrogen) atoms. The van der Waals surface area contributed by atoms with E-state index >= 15 is 0 Å². The van der Waals surface area contributed by atoms with Crippen molar-refractivity contribution in [3.8, 4) is 0 Å². The van der Waals surface area contributed by atoms with Crippen LogP contribution in [0.3, 0.4) is 0 Å². The van der Waals surface area contributed by atoms with E-state index in [4.69, 9.17) is 10.5 Å². The molecule has 2 rings (SSSR count). The van der Waals surface area contributed by atoms with Gasteiger partial charge >= 0.3 is 5.97 Å². The van der Waals surface area contributed by atoms with Gasteiger partial charge in [0.05, 0.1) is 36.0 Å². The molecule has 0 amide bonds. The van der Waals surface area contributed by atoms with E-state index in [2.05, 4.69) is 10.3 Å². The number of aromatic nitrogens is 3. The quantitative estimate of drug-likeness (QED) is 0.624. The molecule has 2 heterocycles. The van der Waals surface area contributed by atoms with Crippen LogP contribution in [0, 0.1) is 0 Å². The number of esters is 1. The van der Waals surface area contributed by atoms with Gasteiger partial charge in [0.15, 0.2) is 15.5 Å². The molecule has 1 aromatic heterocycles. The molecule has 9 nitrogen and oxygen atoms in total. The van der Waals surface area contributed by atoms with E-state index in [1.165, 1.54) is 4.68 Å². The summed E-state index contributed by atoms with van der Waals surface area (Å²) in [5, 5.41) is 17.3. The molecule has 1 aliphatic heterocycles. The van der Waals surface area contributed by atoms with Gasteiger partial charge in [-0.05, 0) is 6.92 Å². The number of nitrogens with zero attached hydrogens (tertiary/aromatic N) is 3. The van der Waals surface area contributed by atoms with Crippen LogP contribution in [0.1, 0.15) is 29.1 Å². The average Bonchev–Trinajstić information content (AvgIpc) is 2.89. The van der Waals surface area contributed by atoms with Crippen molar-refractivity contribution >= 4 is 15.8 Å². The molecule has 1 saturated heterocycles. The second kappa shape index (κ2) is 5.46. The summed E-state index contributed by atoms with van der Waals surface area (Å²) in [4.78, 5) is 11.7. The first-order chi connectivity index (χ1) is 9.39. The Balaban J connectivity index is 2.36. The van der Waals surface area contributed by atoms with E-state index in [0.29, 0.717) is 0 Å². The van der Waals surface area contributed by atoms with Crippen LogP contribution in [0.4, 0.5) is 0 Å². The van der Waals surface area contributed by atoms with E-state index in [-0.39, 0.29) is 36.0 Å². The predicted molar refractivity (Wildman–Crippen MR) is 67.6 cm³/mol. The lowest BCUT2D eigenvalue weighted by Crippen LogP contribution is -2.26. The first kappa shape index (κ1) is 14.9. The SMILES string of the molecule is CCOC(=O)c1nnn(C2CS(=O)(=O)CC2O)c1CN. The summed E-state index contributed by atoms with van der Waals surface area (Å²) in [5.41, 5.74) is 5.77. The second-order valence-electron chi connectivity index (χ2n) is 4.47. The fourth-order valence-corrected chi connectivity index (χ4v) is 3.93. The van der Waals surface area contributed by atoms with Gasteiger partial charge in [-0.1, -0.05) is 5.21 Å². The number of sulfone groups is 1. The number of aliphatic hydroxyl groups excluding tert-OH is 1. The molecule has 1 aliphatic rings. The lowest BCUT2D eigenvalue weighted by Gasteiger charge is -2.15. The molecule has 3 N–H and O–H groups in total. The van der Waals surface area contributed by atoms with E-state index in [1.807, 2.05) is 0 Å². The summed E-state index contributed by atoms with van der Waals surface area (Å²) in [5.74, 6) is -1.27. The first-order valence-electron chi connectivity index (χ1n) is 6.09. The number of carbonyl (C=O) groups is 1. The topological polar surface area (TPSA) is 137 Å². The molecule has 1 aromatic rings. The smallest absolute Gasteiger partial charge is 0.360 e. The Bertz CT molecular complexity index is 611. The molecule has 0 spiro atoms. The molecule has 0 aromatic carbocycles. The largest absolute Gasteiger partial charge is 0.461 e. The Labute approximate surface area is 115 Å². The Morgan fingerprint density at radius 3 is 2.75 bits per heavy atom. The zero-order chi connectivity index (χ0) is 14.9. The molecule has 112 valence electrons. The van der Waals surface area contributed by atoms with Crippen molar-refractivity contribution in [1.82, 2.24) is 15.0 Å². The Morgan fingerprint density at radius 2 is 2.25 bits per heavy atom. The van der Waals surface area contributed by atoms with Gasteiger partial charge < -0.3 is 15.6 Å². The summed E-state index contributed by atoms with van der Waals surface area (Å²) in [6, 6.07) is -0.783. The minimum atomic E-state index is -3.33. The second-order valence-corrected chi connectivity index (χ2v) is 6.62. The number of nitrogens with two attached hydrogens (primary N) is 1. The molecule has 0 saturated carbocycles. The van der Waals surface area contributed by atoms with Crippen LogP contribution in [0.25, 0.3) is 0 Å². The van der Waals surface area contributed by atoms with Crippen LogP contribution >= 0.6 is 0 Å². The molecule has 0 aliphatic carbocycles. The number of ether oxygens (including phenoxy) is 1. The van der Waals surface area contributed by atoms with Crippen LogP contribution in [-0.2, 0) is 21.1 Å². The van der Waals surface area contributed by atoms with Gasteiger partial charge in [-0.3, -0.25) is 0 Å². The molecular weight excluding hydrogens is 288 g/mol. The molecule has 10 heteroatoms. The molecule has 2 atom stereocenters. The minimum absolute atomic E-state index is 0.0501. The third kappa shape index (κ3) is 2.67. The van der Waals surface area contributed by atoms with Gasteiger partial charge in [-0.2, -0.15) is 0 Å². The van der Waals surface area contributed by atoms with Crippen molar-refractivity contribution in [2.75, 3.05) is 18.1 Å². The van der Waals surface area contributed by atoms with Crippen molar-refractivity contribution in [1.29, 1.82) is 0 Å². The highest BCUT2D eigenvalue weighted by Gasteiger charge is 2.40. The maximum atomic E-state index is 11.7. The normalized spacial score (nSPS) is 24.8. The maximum absolute atomic E-state index is 11.7. The standard InChI is InChI=1S/C10H16N4O5S/c1-2-19-10(16)9-6(3-11)14(13-12-9)7-4-20(17,18)5-8(7)15/h7-8,15H,2-5,11H2,1H3.